The van der Waals surface area contributed by atoms with Gasteiger partial charge in [0.05, 0.1) is 0 Å². The Morgan fingerprint density at radius 1 is 0.944 bits per heavy atom. The van der Waals surface area contributed by atoms with Gasteiger partial charge in [-0.05, 0) is 54.2 Å². The van der Waals surface area contributed by atoms with E-state index < -0.39 is 0 Å². The van der Waals surface area contributed by atoms with Crippen LogP contribution in [0.25, 0.3) is 11.6 Å². The van der Waals surface area contributed by atoms with Crippen molar-refractivity contribution in [3.8, 4) is 0 Å². The maximum atomic E-state index is 5.93. The predicted molar refractivity (Wildman–Crippen MR) is 78.8 cm³/mol. The normalized spacial score (nSPS) is 14.0. The molecule has 90 valence electrons. The Balaban J connectivity index is 2.00. The van der Waals surface area contributed by atoms with Crippen LogP contribution in [0.5, 0.6) is 0 Å². The number of hydrogen-bond acceptors (Lipinski definition) is 0. The van der Waals surface area contributed by atoms with E-state index in [0.29, 0.717) is 0 Å². The summed E-state index contributed by atoms with van der Waals surface area (Å²) in [6.45, 7) is 2.15. The molecular formula is C17H15Cl. The Bertz CT molecular complexity index is 606. The molecule has 1 aliphatic rings. The lowest BCUT2D eigenvalue weighted by Crippen LogP contribution is -1.99. The van der Waals surface area contributed by atoms with Crippen LogP contribution >= 0.6 is 11.6 Å². The van der Waals surface area contributed by atoms with E-state index in [9.17, 15) is 0 Å². The molecule has 0 saturated heterocycles. The van der Waals surface area contributed by atoms with E-state index in [-0.39, 0.29) is 0 Å². The fourth-order valence-electron chi connectivity index (χ4n) is 2.51. The summed E-state index contributed by atoms with van der Waals surface area (Å²) in [7, 11) is 0. The van der Waals surface area contributed by atoms with Crippen LogP contribution in [-0.4, -0.2) is 0 Å². The summed E-state index contributed by atoms with van der Waals surface area (Å²) < 4.78 is 0. The number of allylic oxidation sites excluding steroid dienone is 1. The second-order valence-corrected chi connectivity index (χ2v) is 5.32. The zero-order chi connectivity index (χ0) is 12.5. The molecule has 0 heterocycles. The van der Waals surface area contributed by atoms with Crippen molar-refractivity contribution in [2.75, 3.05) is 0 Å². The number of benzene rings is 2. The first kappa shape index (κ1) is 11.6. The lowest BCUT2D eigenvalue weighted by Gasteiger charge is -2.17. The van der Waals surface area contributed by atoms with Gasteiger partial charge in [0.15, 0.2) is 0 Å². The molecule has 0 aromatic heterocycles. The zero-order valence-electron chi connectivity index (χ0n) is 10.4. The highest BCUT2D eigenvalue weighted by molar-refractivity contribution is 6.30. The van der Waals surface area contributed by atoms with E-state index in [2.05, 4.69) is 43.3 Å². The smallest absolute Gasteiger partial charge is 0.0406 e. The predicted octanol–water partition coefficient (Wildman–Crippen LogP) is 5.14. The quantitative estimate of drug-likeness (QED) is 0.661. The van der Waals surface area contributed by atoms with Gasteiger partial charge in [-0.2, -0.15) is 0 Å². The molecule has 0 saturated carbocycles. The van der Waals surface area contributed by atoms with Gasteiger partial charge in [-0.15, -0.1) is 0 Å². The molecule has 0 aliphatic heterocycles. The Hall–Kier alpha value is -1.53. The Morgan fingerprint density at radius 3 is 2.50 bits per heavy atom. The van der Waals surface area contributed by atoms with Crippen molar-refractivity contribution < 1.29 is 0 Å². The maximum Gasteiger partial charge on any atom is 0.0406 e. The molecule has 0 spiro atoms. The highest BCUT2D eigenvalue weighted by Gasteiger charge is 2.11. The molecule has 18 heavy (non-hydrogen) atoms. The highest BCUT2D eigenvalue weighted by atomic mass is 35.5. The van der Waals surface area contributed by atoms with Crippen LogP contribution in [0.3, 0.4) is 0 Å². The number of halogens is 1. The second-order valence-electron chi connectivity index (χ2n) is 4.88. The number of rotatable bonds is 1. The monoisotopic (exact) mass is 254 g/mol. The third-order valence-corrected chi connectivity index (χ3v) is 3.76. The van der Waals surface area contributed by atoms with Gasteiger partial charge >= 0.3 is 0 Å². The van der Waals surface area contributed by atoms with Crippen molar-refractivity contribution >= 4 is 23.3 Å². The first-order valence-corrected chi connectivity index (χ1v) is 6.66. The van der Waals surface area contributed by atoms with Gasteiger partial charge in [0.25, 0.3) is 0 Å². The summed E-state index contributed by atoms with van der Waals surface area (Å²) in [5, 5.41) is 0.797. The molecule has 0 radical (unpaired) electrons. The topological polar surface area (TPSA) is 0 Å². The minimum atomic E-state index is 0.797. The van der Waals surface area contributed by atoms with Gasteiger partial charge in [0.1, 0.15) is 0 Å². The molecular weight excluding hydrogens is 240 g/mol. The van der Waals surface area contributed by atoms with Gasteiger partial charge in [-0.25, -0.2) is 0 Å². The second kappa shape index (κ2) is 4.62. The highest BCUT2D eigenvalue weighted by Crippen LogP contribution is 2.31. The average molecular weight is 255 g/mol. The number of fused-ring (bicyclic) bond motifs is 1. The Morgan fingerprint density at radius 2 is 1.72 bits per heavy atom. The van der Waals surface area contributed by atoms with Crippen molar-refractivity contribution in [2.45, 2.75) is 19.8 Å². The third-order valence-electron chi connectivity index (χ3n) is 3.51. The van der Waals surface area contributed by atoms with Gasteiger partial charge in [0.2, 0.25) is 0 Å². The van der Waals surface area contributed by atoms with E-state index in [1.807, 2.05) is 12.1 Å². The van der Waals surface area contributed by atoms with Gasteiger partial charge in [-0.1, -0.05) is 53.6 Å². The fourth-order valence-corrected chi connectivity index (χ4v) is 2.64. The van der Waals surface area contributed by atoms with E-state index >= 15 is 0 Å². The molecule has 0 atom stereocenters. The van der Waals surface area contributed by atoms with Crippen LogP contribution in [0.2, 0.25) is 5.02 Å². The minimum Gasteiger partial charge on any atom is -0.0843 e. The molecule has 2 aromatic carbocycles. The van der Waals surface area contributed by atoms with Crippen LogP contribution in [0.4, 0.5) is 0 Å². The Kier molecular flexibility index (Phi) is 2.97. The van der Waals surface area contributed by atoms with Gasteiger partial charge in [-0.3, -0.25) is 0 Å². The molecule has 0 bridgehead atoms. The first-order valence-electron chi connectivity index (χ1n) is 6.28. The molecule has 2 aromatic rings. The van der Waals surface area contributed by atoms with Crippen molar-refractivity contribution in [3.05, 3.63) is 69.7 Å². The Labute approximate surface area is 113 Å². The summed E-state index contributed by atoms with van der Waals surface area (Å²) in [6, 6.07) is 14.8. The zero-order valence-corrected chi connectivity index (χ0v) is 11.2. The SMILES string of the molecule is Cc1ccc2c(c1)CCC(c1ccc(Cl)cc1)=C2. The minimum absolute atomic E-state index is 0.797. The van der Waals surface area contributed by atoms with Crippen LogP contribution in [0.15, 0.2) is 42.5 Å². The molecule has 0 amide bonds. The molecule has 0 nitrogen and oxygen atoms in total. The van der Waals surface area contributed by atoms with E-state index in [1.165, 1.54) is 27.8 Å². The first-order chi connectivity index (χ1) is 8.72. The van der Waals surface area contributed by atoms with E-state index in [0.717, 1.165) is 17.9 Å². The largest absolute Gasteiger partial charge is 0.0843 e. The number of hydrogen-bond donors (Lipinski definition) is 0. The van der Waals surface area contributed by atoms with Crippen LogP contribution in [0.1, 0.15) is 28.7 Å². The lowest BCUT2D eigenvalue weighted by molar-refractivity contribution is 0.997. The van der Waals surface area contributed by atoms with Crippen molar-refractivity contribution in [3.63, 3.8) is 0 Å². The fraction of sp³-hybridized carbons (Fsp3) is 0.176. The summed E-state index contributed by atoms with van der Waals surface area (Å²) >= 11 is 5.93. The molecule has 0 N–H and O–H groups in total. The van der Waals surface area contributed by atoms with Gasteiger partial charge in [0, 0.05) is 5.02 Å². The molecule has 0 fully saturated rings. The standard InChI is InChI=1S/C17H15Cl/c1-12-2-3-16-11-15(5-4-14(16)10-12)13-6-8-17(18)9-7-13/h2-3,6-11H,4-5H2,1H3. The third kappa shape index (κ3) is 2.21. The van der Waals surface area contributed by atoms with Crippen molar-refractivity contribution in [1.82, 2.24) is 0 Å². The molecule has 1 heteroatoms. The van der Waals surface area contributed by atoms with Crippen LogP contribution in [-0.2, 0) is 6.42 Å². The molecule has 1 aliphatic carbocycles. The van der Waals surface area contributed by atoms with Crippen molar-refractivity contribution in [1.29, 1.82) is 0 Å². The van der Waals surface area contributed by atoms with E-state index in [4.69, 9.17) is 11.6 Å². The summed E-state index contributed by atoms with van der Waals surface area (Å²) in [5.41, 5.74) is 6.86. The summed E-state index contributed by atoms with van der Waals surface area (Å²) in [6.07, 6.45) is 4.55. The summed E-state index contributed by atoms with van der Waals surface area (Å²) in [4.78, 5) is 0. The van der Waals surface area contributed by atoms with Crippen LogP contribution < -0.4 is 0 Å². The van der Waals surface area contributed by atoms with Crippen molar-refractivity contribution in [2.24, 2.45) is 0 Å². The van der Waals surface area contributed by atoms with Crippen LogP contribution in [0, 0.1) is 6.92 Å². The molecule has 3 rings (SSSR count). The summed E-state index contributed by atoms with van der Waals surface area (Å²) in [5.74, 6) is 0. The molecule has 0 unspecified atom stereocenters. The number of aryl methyl sites for hydroxylation is 2. The van der Waals surface area contributed by atoms with E-state index in [1.54, 1.807) is 0 Å². The maximum absolute atomic E-state index is 5.93. The van der Waals surface area contributed by atoms with Gasteiger partial charge < -0.3 is 0 Å². The average Bonchev–Trinajstić information content (AvgIpc) is 2.39. The lowest BCUT2D eigenvalue weighted by atomic mass is 9.88.